The van der Waals surface area contributed by atoms with Crippen LogP contribution >= 0.6 is 0 Å². The van der Waals surface area contributed by atoms with Gasteiger partial charge in [0, 0.05) is 11.6 Å². The third-order valence-electron chi connectivity index (χ3n) is 4.58. The summed E-state index contributed by atoms with van der Waals surface area (Å²) in [6.07, 6.45) is 3.63. The molecule has 2 aromatic carbocycles. The van der Waals surface area contributed by atoms with Crippen LogP contribution in [-0.4, -0.2) is 19.1 Å². The van der Waals surface area contributed by atoms with Crippen molar-refractivity contribution in [1.29, 1.82) is 0 Å². The molecule has 2 aromatic rings. The van der Waals surface area contributed by atoms with Gasteiger partial charge < -0.3 is 10.5 Å². The molecule has 0 amide bonds. The zero-order valence-electron chi connectivity index (χ0n) is 15.9. The van der Waals surface area contributed by atoms with Gasteiger partial charge in [-0.25, -0.2) is 8.78 Å². The van der Waals surface area contributed by atoms with Crippen LogP contribution in [0.5, 0.6) is 0 Å². The second-order valence-electron chi connectivity index (χ2n) is 6.30. The van der Waals surface area contributed by atoms with Crippen molar-refractivity contribution in [3.63, 3.8) is 0 Å². The van der Waals surface area contributed by atoms with Gasteiger partial charge in [0.05, 0.1) is 7.11 Å². The van der Waals surface area contributed by atoms with Crippen LogP contribution in [0.4, 0.5) is 8.78 Å². The number of rotatable bonds is 7. The molecule has 5 heteroatoms. The van der Waals surface area contributed by atoms with Gasteiger partial charge in [-0.15, -0.1) is 0 Å². The lowest BCUT2D eigenvalue weighted by atomic mass is 9.91. The zero-order valence-corrected chi connectivity index (χ0v) is 15.9. The number of carbonyl (C=O) groups excluding carboxylic acids is 1. The van der Waals surface area contributed by atoms with Crippen LogP contribution in [0.2, 0.25) is 0 Å². The van der Waals surface area contributed by atoms with E-state index in [4.69, 9.17) is 5.73 Å². The summed E-state index contributed by atoms with van der Waals surface area (Å²) < 4.78 is 32.5. The van der Waals surface area contributed by atoms with Crippen LogP contribution < -0.4 is 5.73 Å². The topological polar surface area (TPSA) is 52.3 Å². The normalized spacial score (nSPS) is 12.7. The molecule has 0 fully saturated rings. The summed E-state index contributed by atoms with van der Waals surface area (Å²) in [5.41, 5.74) is 9.85. The first-order valence-electron chi connectivity index (χ1n) is 9.02. The Morgan fingerprint density at radius 1 is 1.11 bits per heavy atom. The summed E-state index contributed by atoms with van der Waals surface area (Å²) in [7, 11) is 1.27. The highest BCUT2D eigenvalue weighted by molar-refractivity contribution is 5.82. The molecule has 0 aliphatic rings. The molecule has 144 valence electrons. The van der Waals surface area contributed by atoms with E-state index in [1.165, 1.54) is 30.4 Å². The Balaban J connectivity index is 2.54. The van der Waals surface area contributed by atoms with E-state index in [1.54, 1.807) is 6.08 Å². The van der Waals surface area contributed by atoms with Crippen molar-refractivity contribution >= 4 is 11.5 Å². The maximum Gasteiger partial charge on any atom is 0.322 e. The van der Waals surface area contributed by atoms with Crippen molar-refractivity contribution in [3.05, 3.63) is 76.4 Å². The van der Waals surface area contributed by atoms with Crippen LogP contribution in [0.1, 0.15) is 42.5 Å². The number of hydrogen-bond donors (Lipinski definition) is 1. The molecule has 0 heterocycles. The van der Waals surface area contributed by atoms with Crippen molar-refractivity contribution in [2.45, 2.75) is 39.2 Å². The van der Waals surface area contributed by atoms with Gasteiger partial charge in [-0.2, -0.15) is 0 Å². The number of nitrogens with two attached hydrogens (primary N) is 1. The molecule has 0 saturated carbocycles. The number of esters is 1. The smallest absolute Gasteiger partial charge is 0.322 e. The maximum absolute atomic E-state index is 14.5. The number of benzene rings is 2. The predicted molar refractivity (Wildman–Crippen MR) is 103 cm³/mol. The highest BCUT2D eigenvalue weighted by Gasteiger charge is 2.16. The minimum Gasteiger partial charge on any atom is -0.468 e. The van der Waals surface area contributed by atoms with E-state index in [2.05, 4.69) is 18.6 Å². The average molecular weight is 373 g/mol. The molecule has 0 bridgehead atoms. The van der Waals surface area contributed by atoms with E-state index in [-0.39, 0.29) is 12.0 Å². The standard InChI is InChI=1S/C22H25F2NO2/c1-4-14-6-7-16(12-15(14)5-2)18(10-11-21(25)22(26)27-3)19-9-8-17(23)13-20(19)24/h6-10,12-13,21H,4-5,11,25H2,1-3H3/b18-10+. The lowest BCUT2D eigenvalue weighted by Crippen LogP contribution is -2.30. The van der Waals surface area contributed by atoms with Gasteiger partial charge in [-0.3, -0.25) is 4.79 Å². The maximum atomic E-state index is 14.5. The van der Waals surface area contributed by atoms with Crippen molar-refractivity contribution in [1.82, 2.24) is 0 Å². The number of halogens is 2. The third-order valence-corrected chi connectivity index (χ3v) is 4.58. The van der Waals surface area contributed by atoms with E-state index in [0.717, 1.165) is 24.5 Å². The molecule has 1 unspecified atom stereocenters. The number of hydrogen-bond acceptors (Lipinski definition) is 3. The Labute approximate surface area is 158 Å². The van der Waals surface area contributed by atoms with Gasteiger partial charge >= 0.3 is 5.97 Å². The van der Waals surface area contributed by atoms with E-state index in [0.29, 0.717) is 5.57 Å². The van der Waals surface area contributed by atoms with Crippen LogP contribution in [0.15, 0.2) is 42.5 Å². The van der Waals surface area contributed by atoms with Crippen molar-refractivity contribution in [3.8, 4) is 0 Å². The lowest BCUT2D eigenvalue weighted by Gasteiger charge is -2.15. The van der Waals surface area contributed by atoms with E-state index in [9.17, 15) is 13.6 Å². The Morgan fingerprint density at radius 2 is 1.81 bits per heavy atom. The molecule has 0 spiro atoms. The zero-order chi connectivity index (χ0) is 20.0. The second kappa shape index (κ2) is 9.42. The fourth-order valence-electron chi connectivity index (χ4n) is 3.05. The molecule has 3 nitrogen and oxygen atoms in total. The van der Waals surface area contributed by atoms with Gasteiger partial charge in [0.2, 0.25) is 0 Å². The average Bonchev–Trinajstić information content (AvgIpc) is 2.68. The Morgan fingerprint density at radius 3 is 2.41 bits per heavy atom. The Bertz CT molecular complexity index is 846. The highest BCUT2D eigenvalue weighted by atomic mass is 19.1. The fourth-order valence-corrected chi connectivity index (χ4v) is 3.05. The summed E-state index contributed by atoms with van der Waals surface area (Å²) in [5, 5.41) is 0. The molecule has 0 aliphatic carbocycles. The van der Waals surface area contributed by atoms with E-state index in [1.807, 2.05) is 18.2 Å². The minimum atomic E-state index is -0.853. The number of aryl methyl sites for hydroxylation is 2. The molecule has 27 heavy (non-hydrogen) atoms. The van der Waals surface area contributed by atoms with Gasteiger partial charge in [0.25, 0.3) is 0 Å². The minimum absolute atomic E-state index is 0.176. The lowest BCUT2D eigenvalue weighted by molar-refractivity contribution is -0.142. The fraction of sp³-hybridized carbons (Fsp3) is 0.318. The first-order valence-corrected chi connectivity index (χ1v) is 9.02. The van der Waals surface area contributed by atoms with Crippen LogP contribution in [0.25, 0.3) is 5.57 Å². The number of carbonyl (C=O) groups is 1. The van der Waals surface area contributed by atoms with Crippen LogP contribution in [-0.2, 0) is 22.4 Å². The highest BCUT2D eigenvalue weighted by Crippen LogP contribution is 2.29. The number of ether oxygens (including phenoxy) is 1. The quantitative estimate of drug-likeness (QED) is 0.732. The molecule has 0 aliphatic heterocycles. The van der Waals surface area contributed by atoms with Gasteiger partial charge in [-0.1, -0.05) is 38.1 Å². The van der Waals surface area contributed by atoms with Crippen LogP contribution in [0, 0.1) is 11.6 Å². The summed E-state index contributed by atoms with van der Waals surface area (Å²) in [4.78, 5) is 11.6. The molecule has 0 radical (unpaired) electrons. The largest absolute Gasteiger partial charge is 0.468 e. The Hall–Kier alpha value is -2.53. The SMILES string of the molecule is CCc1ccc(/C(=C\CC(N)C(=O)OC)c2ccc(F)cc2F)cc1CC. The molecule has 1 atom stereocenters. The Kier molecular flexibility index (Phi) is 7.25. The molecule has 2 N–H and O–H groups in total. The van der Waals surface area contributed by atoms with Crippen molar-refractivity contribution in [2.24, 2.45) is 5.73 Å². The van der Waals surface area contributed by atoms with Crippen molar-refractivity contribution < 1.29 is 18.3 Å². The molecule has 0 aromatic heterocycles. The summed E-state index contributed by atoms with van der Waals surface area (Å²) in [6.45, 7) is 4.15. The van der Waals surface area contributed by atoms with Gasteiger partial charge in [-0.05, 0) is 53.7 Å². The predicted octanol–water partition coefficient (Wildman–Crippen LogP) is 4.41. The van der Waals surface area contributed by atoms with Gasteiger partial charge in [0.1, 0.15) is 17.7 Å². The second-order valence-corrected chi connectivity index (χ2v) is 6.30. The first kappa shape index (κ1) is 20.8. The molecular weight excluding hydrogens is 348 g/mol. The molecule has 0 saturated heterocycles. The van der Waals surface area contributed by atoms with Gasteiger partial charge in [0.15, 0.2) is 0 Å². The summed E-state index contributed by atoms with van der Waals surface area (Å²) in [6, 6.07) is 8.56. The number of methoxy groups -OCH3 is 1. The van der Waals surface area contributed by atoms with E-state index >= 15 is 0 Å². The summed E-state index contributed by atoms with van der Waals surface area (Å²) >= 11 is 0. The monoisotopic (exact) mass is 373 g/mol. The third kappa shape index (κ3) is 5.01. The molecular formula is C22H25F2NO2. The summed E-state index contributed by atoms with van der Waals surface area (Å²) in [5.74, 6) is -1.84. The van der Waals surface area contributed by atoms with Crippen molar-refractivity contribution in [2.75, 3.05) is 7.11 Å². The van der Waals surface area contributed by atoms with Crippen LogP contribution in [0.3, 0.4) is 0 Å². The van der Waals surface area contributed by atoms with E-state index < -0.39 is 23.6 Å². The molecule has 2 rings (SSSR count). The first-order chi connectivity index (χ1) is 12.9.